The molecule has 22 heavy (non-hydrogen) atoms. The van der Waals surface area contributed by atoms with Gasteiger partial charge in [-0.05, 0) is 35.6 Å². The number of carbonyl (C=O) groups is 1. The van der Waals surface area contributed by atoms with Gasteiger partial charge >= 0.3 is 5.97 Å². The molecule has 3 nitrogen and oxygen atoms in total. The van der Waals surface area contributed by atoms with E-state index in [2.05, 4.69) is 18.8 Å². The summed E-state index contributed by atoms with van der Waals surface area (Å²) in [5, 5.41) is 10.1. The molecule has 1 aromatic carbocycles. The van der Waals surface area contributed by atoms with E-state index in [1.54, 1.807) is 12.1 Å². The Balaban J connectivity index is 2.76. The summed E-state index contributed by atoms with van der Waals surface area (Å²) in [6, 6.07) is 9.15. The van der Waals surface area contributed by atoms with Crippen molar-refractivity contribution in [2.45, 2.75) is 39.5 Å². The van der Waals surface area contributed by atoms with E-state index in [9.17, 15) is 9.90 Å². The van der Waals surface area contributed by atoms with Gasteiger partial charge < -0.3 is 5.11 Å². The van der Waals surface area contributed by atoms with Gasteiger partial charge in [0, 0.05) is 10.6 Å². The van der Waals surface area contributed by atoms with Gasteiger partial charge in [-0.15, -0.1) is 0 Å². The van der Waals surface area contributed by atoms with Gasteiger partial charge in [0.25, 0.3) is 0 Å². The molecule has 1 heterocycles. The molecule has 0 fully saturated rings. The minimum Gasteiger partial charge on any atom is -0.478 e. The Hall–Kier alpha value is -1.87. The Kier molecular flexibility index (Phi) is 4.87. The number of rotatable bonds is 4. The molecule has 0 spiro atoms. The lowest BCUT2D eigenvalue weighted by molar-refractivity contribution is 0.0694. The lowest BCUT2D eigenvalue weighted by Crippen LogP contribution is -2.11. The van der Waals surface area contributed by atoms with Gasteiger partial charge in [-0.25, -0.2) is 4.79 Å². The van der Waals surface area contributed by atoms with E-state index in [4.69, 9.17) is 11.6 Å². The molecular weight excluding hydrogens is 298 g/mol. The quantitative estimate of drug-likeness (QED) is 0.827. The van der Waals surface area contributed by atoms with Crippen molar-refractivity contribution >= 4 is 17.6 Å². The first-order chi connectivity index (χ1) is 10.3. The summed E-state index contributed by atoms with van der Waals surface area (Å²) >= 11 is 6.07. The fourth-order valence-electron chi connectivity index (χ4n) is 2.48. The Bertz CT molecular complexity index is 708. The fourth-order valence-corrected chi connectivity index (χ4v) is 2.67. The second-order valence-electron chi connectivity index (χ2n) is 5.98. The minimum absolute atomic E-state index is 0.0528. The first-order valence-corrected chi connectivity index (χ1v) is 7.73. The van der Waals surface area contributed by atoms with Gasteiger partial charge in [0.1, 0.15) is 0 Å². The molecular formula is C18H20ClNO2. The highest BCUT2D eigenvalue weighted by Crippen LogP contribution is 2.33. The fraction of sp³-hybridized carbons (Fsp3) is 0.333. The number of aromatic carboxylic acids is 1. The van der Waals surface area contributed by atoms with Gasteiger partial charge in [0.05, 0.1) is 17.0 Å². The number of benzene rings is 1. The lowest BCUT2D eigenvalue weighted by atomic mass is 9.93. The summed E-state index contributed by atoms with van der Waals surface area (Å²) in [5.41, 5.74) is 3.51. The monoisotopic (exact) mass is 317 g/mol. The van der Waals surface area contributed by atoms with Crippen LogP contribution in [0.3, 0.4) is 0 Å². The maximum atomic E-state index is 11.6. The van der Waals surface area contributed by atoms with E-state index in [1.807, 2.05) is 32.0 Å². The number of halogens is 1. The molecule has 1 aromatic heterocycles. The summed E-state index contributed by atoms with van der Waals surface area (Å²) in [6.45, 7) is 8.03. The number of hydrogen-bond donors (Lipinski definition) is 1. The maximum Gasteiger partial charge on any atom is 0.337 e. The molecule has 2 aromatic rings. The largest absolute Gasteiger partial charge is 0.478 e. The predicted octanol–water partition coefficient (Wildman–Crippen LogP) is 5.35. The second-order valence-corrected chi connectivity index (χ2v) is 6.42. The van der Waals surface area contributed by atoms with Gasteiger partial charge in [-0.1, -0.05) is 51.4 Å². The predicted molar refractivity (Wildman–Crippen MR) is 89.8 cm³/mol. The topological polar surface area (TPSA) is 50.2 Å². The smallest absolute Gasteiger partial charge is 0.337 e. The van der Waals surface area contributed by atoms with E-state index in [-0.39, 0.29) is 17.4 Å². The van der Waals surface area contributed by atoms with Crippen LogP contribution < -0.4 is 0 Å². The molecule has 0 bridgehead atoms. The number of pyridine rings is 1. The van der Waals surface area contributed by atoms with Crippen molar-refractivity contribution in [1.29, 1.82) is 0 Å². The molecule has 0 saturated carbocycles. The van der Waals surface area contributed by atoms with Crippen LogP contribution in [0.2, 0.25) is 5.02 Å². The Morgan fingerprint density at radius 1 is 1.09 bits per heavy atom. The maximum absolute atomic E-state index is 11.6. The molecule has 0 atom stereocenters. The number of aromatic nitrogens is 1. The van der Waals surface area contributed by atoms with Crippen molar-refractivity contribution < 1.29 is 9.90 Å². The lowest BCUT2D eigenvalue weighted by Gasteiger charge is -2.18. The highest BCUT2D eigenvalue weighted by molar-refractivity contribution is 6.30. The van der Waals surface area contributed by atoms with E-state index in [0.717, 1.165) is 16.8 Å². The van der Waals surface area contributed by atoms with Gasteiger partial charge in [-0.3, -0.25) is 4.98 Å². The molecule has 4 heteroatoms. The molecule has 2 rings (SSSR count). The van der Waals surface area contributed by atoms with Gasteiger partial charge in [-0.2, -0.15) is 0 Å². The van der Waals surface area contributed by atoms with Crippen molar-refractivity contribution in [3.8, 4) is 11.1 Å². The summed E-state index contributed by atoms with van der Waals surface area (Å²) < 4.78 is 0. The van der Waals surface area contributed by atoms with Crippen LogP contribution in [0.25, 0.3) is 11.1 Å². The molecule has 0 radical (unpaired) electrons. The van der Waals surface area contributed by atoms with E-state index >= 15 is 0 Å². The molecule has 116 valence electrons. The Morgan fingerprint density at radius 2 is 1.73 bits per heavy atom. The van der Waals surface area contributed by atoms with Crippen LogP contribution in [-0.4, -0.2) is 16.1 Å². The van der Waals surface area contributed by atoms with Crippen LogP contribution in [0.1, 0.15) is 61.3 Å². The second kappa shape index (κ2) is 6.49. The summed E-state index contributed by atoms with van der Waals surface area (Å²) in [7, 11) is 0. The summed E-state index contributed by atoms with van der Waals surface area (Å²) in [4.78, 5) is 16.3. The van der Waals surface area contributed by atoms with E-state index < -0.39 is 5.97 Å². The van der Waals surface area contributed by atoms with Crippen LogP contribution in [0.4, 0.5) is 0 Å². The van der Waals surface area contributed by atoms with Crippen molar-refractivity contribution in [3.05, 3.63) is 52.3 Å². The molecule has 0 saturated heterocycles. The minimum atomic E-state index is -0.949. The van der Waals surface area contributed by atoms with E-state index in [1.165, 1.54) is 0 Å². The number of nitrogens with zero attached hydrogens (tertiary/aromatic N) is 1. The highest BCUT2D eigenvalue weighted by atomic mass is 35.5. The van der Waals surface area contributed by atoms with Crippen LogP contribution in [0.15, 0.2) is 30.3 Å². The van der Waals surface area contributed by atoms with Crippen molar-refractivity contribution in [2.75, 3.05) is 0 Å². The van der Waals surface area contributed by atoms with Crippen LogP contribution >= 0.6 is 11.6 Å². The first kappa shape index (κ1) is 16.5. The highest BCUT2D eigenvalue weighted by Gasteiger charge is 2.21. The van der Waals surface area contributed by atoms with Crippen molar-refractivity contribution in [1.82, 2.24) is 4.98 Å². The van der Waals surface area contributed by atoms with Crippen molar-refractivity contribution in [3.63, 3.8) is 0 Å². The summed E-state index contributed by atoms with van der Waals surface area (Å²) in [6.07, 6.45) is 0. The molecule has 0 aliphatic carbocycles. The number of carboxylic acid groups (broad SMARTS) is 1. The Morgan fingerprint density at radius 3 is 2.23 bits per heavy atom. The SMILES string of the molecule is CC(C)c1nc(C(C)C)c(-c2cccc(Cl)c2)cc1C(=O)O. The van der Waals surface area contributed by atoms with Crippen molar-refractivity contribution in [2.24, 2.45) is 0 Å². The molecule has 0 aliphatic rings. The molecule has 1 N–H and O–H groups in total. The average Bonchev–Trinajstić information content (AvgIpc) is 2.45. The molecule has 0 unspecified atom stereocenters. The Labute approximate surface area is 136 Å². The van der Waals surface area contributed by atoms with Gasteiger partial charge in [0.2, 0.25) is 0 Å². The summed E-state index contributed by atoms with van der Waals surface area (Å²) in [5.74, 6) is -0.707. The zero-order valence-electron chi connectivity index (χ0n) is 13.2. The normalized spacial score (nSPS) is 11.2. The molecule has 0 amide bonds. The van der Waals surface area contributed by atoms with Crippen LogP contribution in [0, 0.1) is 0 Å². The third kappa shape index (κ3) is 3.30. The zero-order chi connectivity index (χ0) is 16.4. The number of carboxylic acids is 1. The van der Waals surface area contributed by atoms with Gasteiger partial charge in [0.15, 0.2) is 0 Å². The number of hydrogen-bond acceptors (Lipinski definition) is 2. The third-order valence-electron chi connectivity index (χ3n) is 3.54. The molecule has 0 aliphatic heterocycles. The standard InChI is InChI=1S/C18H20ClNO2/c1-10(2)16-14(12-6-5-7-13(19)8-12)9-15(18(21)22)17(20-16)11(3)4/h5-11H,1-4H3,(H,21,22). The first-order valence-electron chi connectivity index (χ1n) is 7.35. The van der Waals surface area contributed by atoms with Crippen LogP contribution in [0.5, 0.6) is 0 Å². The average molecular weight is 318 g/mol. The van der Waals surface area contributed by atoms with Crippen LogP contribution in [-0.2, 0) is 0 Å². The third-order valence-corrected chi connectivity index (χ3v) is 3.78. The van der Waals surface area contributed by atoms with E-state index in [0.29, 0.717) is 10.7 Å². The zero-order valence-corrected chi connectivity index (χ0v) is 14.0.